The fourth-order valence-corrected chi connectivity index (χ4v) is 1.59. The van der Waals surface area contributed by atoms with Gasteiger partial charge in [0, 0.05) is 12.3 Å². The van der Waals surface area contributed by atoms with Gasteiger partial charge in [-0.2, -0.15) is 11.8 Å². The number of hydrogen-bond donors (Lipinski definition) is 1. The van der Waals surface area contributed by atoms with Crippen LogP contribution in [0.1, 0.15) is 6.42 Å². The summed E-state index contributed by atoms with van der Waals surface area (Å²) >= 11 is 1.90. The molecule has 9 heavy (non-hydrogen) atoms. The summed E-state index contributed by atoms with van der Waals surface area (Å²) in [5.74, 6) is 1.20. The van der Waals surface area contributed by atoms with E-state index < -0.39 is 0 Å². The fraction of sp³-hybridized carbons (Fsp3) is 0.714. The maximum Gasteiger partial charge on any atom is 0.0173 e. The van der Waals surface area contributed by atoms with Gasteiger partial charge < -0.3 is 5.32 Å². The van der Waals surface area contributed by atoms with Crippen molar-refractivity contribution in [2.75, 3.05) is 25.1 Å². The number of rotatable bonds is 2. The highest BCUT2D eigenvalue weighted by atomic mass is 32.2. The monoisotopic (exact) mass is 143 g/mol. The molecule has 1 N–H and O–H groups in total. The summed E-state index contributed by atoms with van der Waals surface area (Å²) in [4.78, 5) is 0. The molecule has 2 heteroatoms. The van der Waals surface area contributed by atoms with Crippen molar-refractivity contribution in [3.8, 4) is 0 Å². The van der Waals surface area contributed by atoms with Crippen LogP contribution in [0.3, 0.4) is 0 Å². The zero-order chi connectivity index (χ0) is 6.53. The summed E-state index contributed by atoms with van der Waals surface area (Å²) in [7, 11) is 0. The van der Waals surface area contributed by atoms with Gasteiger partial charge in [0.15, 0.2) is 0 Å². The van der Waals surface area contributed by atoms with E-state index in [1.165, 1.54) is 12.2 Å². The van der Waals surface area contributed by atoms with Crippen LogP contribution in [0.2, 0.25) is 0 Å². The Balaban J connectivity index is 2.28. The van der Waals surface area contributed by atoms with Crippen LogP contribution >= 0.6 is 11.8 Å². The molecule has 52 valence electrons. The Morgan fingerprint density at radius 3 is 3.22 bits per heavy atom. The van der Waals surface area contributed by atoms with E-state index in [0.29, 0.717) is 0 Å². The van der Waals surface area contributed by atoms with E-state index in [-0.39, 0.29) is 0 Å². The van der Waals surface area contributed by atoms with Crippen molar-refractivity contribution in [2.24, 2.45) is 0 Å². The summed E-state index contributed by atoms with van der Waals surface area (Å²) in [6.07, 6.45) is 5.72. The fourth-order valence-electron chi connectivity index (χ4n) is 0.995. The van der Waals surface area contributed by atoms with Crippen LogP contribution in [-0.2, 0) is 0 Å². The highest BCUT2D eigenvalue weighted by molar-refractivity contribution is 7.98. The molecular weight excluding hydrogens is 130 g/mol. The molecule has 0 aromatic heterocycles. The Morgan fingerprint density at radius 2 is 2.67 bits per heavy atom. The van der Waals surface area contributed by atoms with Gasteiger partial charge in [-0.3, -0.25) is 0 Å². The van der Waals surface area contributed by atoms with E-state index in [9.17, 15) is 0 Å². The van der Waals surface area contributed by atoms with Gasteiger partial charge in [0.05, 0.1) is 0 Å². The van der Waals surface area contributed by atoms with Crippen LogP contribution in [0, 0.1) is 0 Å². The third kappa shape index (κ3) is 2.41. The first kappa shape index (κ1) is 7.16. The van der Waals surface area contributed by atoms with Crippen molar-refractivity contribution < 1.29 is 0 Å². The van der Waals surface area contributed by atoms with Crippen LogP contribution in [0.5, 0.6) is 0 Å². The molecule has 0 saturated heterocycles. The third-order valence-corrected chi connectivity index (χ3v) is 2.10. The molecule has 0 atom stereocenters. The maximum absolute atomic E-state index is 3.34. The first-order valence-corrected chi connectivity index (χ1v) is 4.70. The van der Waals surface area contributed by atoms with E-state index in [2.05, 4.69) is 17.6 Å². The summed E-state index contributed by atoms with van der Waals surface area (Å²) in [5, 5.41) is 3.34. The molecular formula is C7H13NS. The Kier molecular flexibility index (Phi) is 3.15. The van der Waals surface area contributed by atoms with E-state index in [0.717, 1.165) is 13.1 Å². The Hall–Kier alpha value is 0.0500. The van der Waals surface area contributed by atoms with Crippen LogP contribution in [0.15, 0.2) is 11.6 Å². The summed E-state index contributed by atoms with van der Waals surface area (Å²) in [6, 6.07) is 0. The van der Waals surface area contributed by atoms with Gasteiger partial charge in [-0.15, -0.1) is 0 Å². The molecule has 1 aliphatic rings. The number of hydrogen-bond acceptors (Lipinski definition) is 2. The number of nitrogens with one attached hydrogen (secondary N) is 1. The molecule has 0 fully saturated rings. The smallest absolute Gasteiger partial charge is 0.0173 e. The lowest BCUT2D eigenvalue weighted by Crippen LogP contribution is -2.22. The molecule has 1 heterocycles. The molecule has 0 amide bonds. The Morgan fingerprint density at radius 1 is 1.78 bits per heavy atom. The summed E-state index contributed by atoms with van der Waals surface area (Å²) in [6.45, 7) is 2.28. The van der Waals surface area contributed by atoms with Gasteiger partial charge in [0.1, 0.15) is 0 Å². The number of thioether (sulfide) groups is 1. The van der Waals surface area contributed by atoms with Crippen LogP contribution in [0.4, 0.5) is 0 Å². The van der Waals surface area contributed by atoms with Crippen LogP contribution < -0.4 is 5.32 Å². The zero-order valence-electron chi connectivity index (χ0n) is 5.81. The predicted molar refractivity (Wildman–Crippen MR) is 44.0 cm³/mol. The highest BCUT2D eigenvalue weighted by Gasteiger charge is 1.99. The lowest BCUT2D eigenvalue weighted by atomic mass is 10.2. The molecule has 0 aromatic carbocycles. The minimum atomic E-state index is 1.11. The lowest BCUT2D eigenvalue weighted by molar-refractivity contribution is 0.704. The van der Waals surface area contributed by atoms with Crippen molar-refractivity contribution in [1.82, 2.24) is 5.32 Å². The first-order chi connectivity index (χ1) is 4.43. The third-order valence-electron chi connectivity index (χ3n) is 1.44. The van der Waals surface area contributed by atoms with Gasteiger partial charge in [-0.25, -0.2) is 0 Å². The normalized spacial score (nSPS) is 19.4. The Bertz CT molecular complexity index is 109. The standard InChI is InChI=1S/C7H13NS/c1-9-6-7-3-2-4-8-5-7/h3,8H,2,4-6H2,1H3. The molecule has 0 aromatic rings. The van der Waals surface area contributed by atoms with Crippen molar-refractivity contribution in [1.29, 1.82) is 0 Å². The van der Waals surface area contributed by atoms with Crippen molar-refractivity contribution in [2.45, 2.75) is 6.42 Å². The van der Waals surface area contributed by atoms with Gasteiger partial charge in [0.2, 0.25) is 0 Å². The van der Waals surface area contributed by atoms with E-state index in [1.807, 2.05) is 11.8 Å². The second kappa shape index (κ2) is 3.96. The summed E-state index contributed by atoms with van der Waals surface area (Å²) < 4.78 is 0. The predicted octanol–water partition coefficient (Wildman–Crippen LogP) is 1.27. The van der Waals surface area contributed by atoms with Gasteiger partial charge in [0.25, 0.3) is 0 Å². The van der Waals surface area contributed by atoms with Gasteiger partial charge >= 0.3 is 0 Å². The van der Waals surface area contributed by atoms with Crippen LogP contribution in [0.25, 0.3) is 0 Å². The Labute approximate surface area is 60.9 Å². The van der Waals surface area contributed by atoms with Crippen LogP contribution in [-0.4, -0.2) is 25.1 Å². The van der Waals surface area contributed by atoms with Crippen molar-refractivity contribution in [3.63, 3.8) is 0 Å². The molecule has 1 aliphatic heterocycles. The first-order valence-electron chi connectivity index (χ1n) is 3.31. The van der Waals surface area contributed by atoms with E-state index >= 15 is 0 Å². The SMILES string of the molecule is CSCC1=CCCNC1. The largest absolute Gasteiger partial charge is 0.313 e. The molecule has 0 saturated carbocycles. The summed E-state index contributed by atoms with van der Waals surface area (Å²) in [5.41, 5.74) is 1.56. The maximum atomic E-state index is 3.34. The van der Waals surface area contributed by atoms with Gasteiger partial charge in [-0.05, 0) is 19.2 Å². The average molecular weight is 143 g/mol. The molecule has 0 unspecified atom stereocenters. The van der Waals surface area contributed by atoms with Crippen molar-refractivity contribution >= 4 is 11.8 Å². The molecule has 1 rings (SSSR count). The highest BCUT2D eigenvalue weighted by Crippen LogP contribution is 2.06. The molecule has 0 aliphatic carbocycles. The minimum Gasteiger partial charge on any atom is -0.313 e. The molecule has 0 bridgehead atoms. The molecule has 0 spiro atoms. The lowest BCUT2D eigenvalue weighted by Gasteiger charge is -2.12. The molecule has 1 nitrogen and oxygen atoms in total. The topological polar surface area (TPSA) is 12.0 Å². The van der Waals surface area contributed by atoms with E-state index in [1.54, 1.807) is 5.57 Å². The van der Waals surface area contributed by atoms with E-state index in [4.69, 9.17) is 0 Å². The van der Waals surface area contributed by atoms with Crippen molar-refractivity contribution in [3.05, 3.63) is 11.6 Å². The minimum absolute atomic E-state index is 1.11. The second-order valence-electron chi connectivity index (χ2n) is 2.26. The molecule has 0 radical (unpaired) electrons. The zero-order valence-corrected chi connectivity index (χ0v) is 6.63. The second-order valence-corrected chi connectivity index (χ2v) is 3.13. The average Bonchev–Trinajstić information content (AvgIpc) is 1.91. The quantitative estimate of drug-likeness (QED) is 0.584. The van der Waals surface area contributed by atoms with Gasteiger partial charge in [-0.1, -0.05) is 11.6 Å².